The number of nitrogens with zero attached hydrogens (tertiary/aromatic N) is 1. The highest BCUT2D eigenvalue weighted by Crippen LogP contribution is 2.25. The van der Waals surface area contributed by atoms with Gasteiger partial charge in [-0.05, 0) is 44.9 Å². The van der Waals surface area contributed by atoms with E-state index in [0.29, 0.717) is 13.1 Å². The van der Waals surface area contributed by atoms with Crippen molar-refractivity contribution in [1.82, 2.24) is 9.62 Å². The van der Waals surface area contributed by atoms with Crippen LogP contribution in [0.25, 0.3) is 0 Å². The molecule has 0 unspecified atom stereocenters. The van der Waals surface area contributed by atoms with Gasteiger partial charge >= 0.3 is 0 Å². The molecule has 0 heterocycles. The van der Waals surface area contributed by atoms with Crippen LogP contribution in [0.15, 0.2) is 11.6 Å². The average molecular weight is 343 g/mol. The van der Waals surface area contributed by atoms with E-state index in [9.17, 15) is 13.2 Å². The maximum absolute atomic E-state index is 12.0. The molecular formula is C17H30N2O3S. The van der Waals surface area contributed by atoms with E-state index in [0.717, 1.165) is 44.9 Å². The first-order chi connectivity index (χ1) is 11.0. The van der Waals surface area contributed by atoms with E-state index in [2.05, 4.69) is 11.4 Å². The second kappa shape index (κ2) is 8.83. The van der Waals surface area contributed by atoms with Crippen LogP contribution in [0, 0.1) is 0 Å². The van der Waals surface area contributed by atoms with Gasteiger partial charge in [0.25, 0.3) is 0 Å². The zero-order valence-corrected chi connectivity index (χ0v) is 15.0. The minimum atomic E-state index is -3.24. The quantitative estimate of drug-likeness (QED) is 0.690. The molecule has 0 spiro atoms. The van der Waals surface area contributed by atoms with Crippen molar-refractivity contribution in [2.24, 2.45) is 0 Å². The second-order valence-corrected chi connectivity index (χ2v) is 8.71. The summed E-state index contributed by atoms with van der Waals surface area (Å²) in [4.78, 5) is 12.0. The lowest BCUT2D eigenvalue weighted by Crippen LogP contribution is -2.40. The normalized spacial score (nSPS) is 19.8. The molecule has 0 aromatic heterocycles. The van der Waals surface area contributed by atoms with Crippen LogP contribution in [0.1, 0.15) is 64.2 Å². The van der Waals surface area contributed by atoms with E-state index in [1.807, 2.05) is 0 Å². The molecular weight excluding hydrogens is 312 g/mol. The summed E-state index contributed by atoms with van der Waals surface area (Å²) >= 11 is 0. The molecule has 0 aliphatic heterocycles. The highest BCUT2D eigenvalue weighted by Gasteiger charge is 2.29. The van der Waals surface area contributed by atoms with Crippen LogP contribution in [-0.4, -0.2) is 44.0 Å². The monoisotopic (exact) mass is 342 g/mol. The summed E-state index contributed by atoms with van der Waals surface area (Å²) in [5, 5.41) is 2.93. The molecule has 0 aromatic carbocycles. The summed E-state index contributed by atoms with van der Waals surface area (Å²) in [7, 11) is -3.24. The standard InChI is InChI=1S/C17H30N2O3S/c1-23(21,22)19(16-9-5-6-10-16)14-12-17(20)18-13-11-15-7-3-2-4-8-15/h7,16H,2-6,8-14H2,1H3,(H,18,20). The predicted molar refractivity (Wildman–Crippen MR) is 92.6 cm³/mol. The van der Waals surface area contributed by atoms with Crippen LogP contribution in [0.4, 0.5) is 0 Å². The topological polar surface area (TPSA) is 66.5 Å². The number of hydrogen-bond donors (Lipinski definition) is 1. The third kappa shape index (κ3) is 6.26. The van der Waals surface area contributed by atoms with Gasteiger partial charge in [0.15, 0.2) is 0 Å². The molecule has 0 aromatic rings. The second-order valence-electron chi connectivity index (χ2n) is 6.77. The molecule has 0 bridgehead atoms. The van der Waals surface area contributed by atoms with Gasteiger partial charge in [-0.25, -0.2) is 8.42 Å². The summed E-state index contributed by atoms with van der Waals surface area (Å²) in [6.45, 7) is 0.963. The smallest absolute Gasteiger partial charge is 0.221 e. The van der Waals surface area contributed by atoms with Gasteiger partial charge in [0.2, 0.25) is 15.9 Å². The minimum Gasteiger partial charge on any atom is -0.356 e. The average Bonchev–Trinajstić information content (AvgIpc) is 3.01. The highest BCUT2D eigenvalue weighted by atomic mass is 32.2. The van der Waals surface area contributed by atoms with Crippen molar-refractivity contribution < 1.29 is 13.2 Å². The number of hydrogen-bond acceptors (Lipinski definition) is 3. The molecule has 2 aliphatic rings. The van der Waals surface area contributed by atoms with Crippen LogP contribution >= 0.6 is 0 Å². The van der Waals surface area contributed by atoms with Crippen molar-refractivity contribution in [3.8, 4) is 0 Å². The highest BCUT2D eigenvalue weighted by molar-refractivity contribution is 7.88. The van der Waals surface area contributed by atoms with Gasteiger partial charge in [-0.15, -0.1) is 0 Å². The zero-order valence-electron chi connectivity index (χ0n) is 14.2. The summed E-state index contributed by atoms with van der Waals surface area (Å²) in [6.07, 6.45) is 13.6. The van der Waals surface area contributed by atoms with Crippen molar-refractivity contribution in [3.05, 3.63) is 11.6 Å². The van der Waals surface area contributed by atoms with Gasteiger partial charge in [0.1, 0.15) is 0 Å². The van der Waals surface area contributed by atoms with Gasteiger partial charge in [0, 0.05) is 25.6 Å². The van der Waals surface area contributed by atoms with Crippen LogP contribution in [-0.2, 0) is 14.8 Å². The summed E-state index contributed by atoms with van der Waals surface area (Å²) in [6, 6.07) is 0.0881. The Morgan fingerprint density at radius 3 is 2.61 bits per heavy atom. The molecule has 1 amide bonds. The Morgan fingerprint density at radius 1 is 1.26 bits per heavy atom. The number of allylic oxidation sites excluding steroid dienone is 1. The number of rotatable bonds is 8. The fraction of sp³-hybridized carbons (Fsp3) is 0.824. The molecule has 1 N–H and O–H groups in total. The minimum absolute atomic E-state index is 0.0481. The molecule has 2 rings (SSSR count). The van der Waals surface area contributed by atoms with E-state index in [4.69, 9.17) is 0 Å². The van der Waals surface area contributed by atoms with Gasteiger partial charge < -0.3 is 5.32 Å². The predicted octanol–water partition coefficient (Wildman–Crippen LogP) is 2.59. The number of carbonyl (C=O) groups is 1. The van der Waals surface area contributed by atoms with Crippen LogP contribution in [0.2, 0.25) is 0 Å². The Balaban J connectivity index is 1.72. The van der Waals surface area contributed by atoms with Gasteiger partial charge in [-0.2, -0.15) is 4.31 Å². The Morgan fingerprint density at radius 2 is 2.00 bits per heavy atom. The number of sulfonamides is 1. The van der Waals surface area contributed by atoms with E-state index in [1.54, 1.807) is 0 Å². The number of nitrogens with one attached hydrogen (secondary N) is 1. The first-order valence-corrected chi connectivity index (χ1v) is 10.7. The molecule has 0 saturated heterocycles. The van der Waals surface area contributed by atoms with Crippen molar-refractivity contribution in [3.63, 3.8) is 0 Å². The molecule has 6 heteroatoms. The molecule has 1 saturated carbocycles. The lowest BCUT2D eigenvalue weighted by atomic mass is 9.97. The third-order valence-corrected chi connectivity index (χ3v) is 6.20. The Labute approximate surface area is 140 Å². The van der Waals surface area contributed by atoms with Crippen molar-refractivity contribution in [2.75, 3.05) is 19.3 Å². The van der Waals surface area contributed by atoms with Crippen molar-refractivity contribution in [2.45, 2.75) is 70.3 Å². The maximum atomic E-state index is 12.0. The fourth-order valence-electron chi connectivity index (χ4n) is 3.61. The molecule has 132 valence electrons. The lowest BCUT2D eigenvalue weighted by Gasteiger charge is -2.26. The lowest BCUT2D eigenvalue weighted by molar-refractivity contribution is -0.121. The molecule has 0 atom stereocenters. The third-order valence-electron chi connectivity index (χ3n) is 4.87. The number of amides is 1. The summed E-state index contributed by atoms with van der Waals surface area (Å²) in [5.41, 5.74) is 1.44. The maximum Gasteiger partial charge on any atom is 0.221 e. The van der Waals surface area contributed by atoms with Gasteiger partial charge in [0.05, 0.1) is 6.26 Å². The Kier molecular flexibility index (Phi) is 7.09. The first kappa shape index (κ1) is 18.5. The summed E-state index contributed by atoms with van der Waals surface area (Å²) in [5.74, 6) is -0.0481. The zero-order chi connectivity index (χ0) is 16.7. The van der Waals surface area contributed by atoms with E-state index in [1.165, 1.54) is 29.0 Å². The van der Waals surface area contributed by atoms with Crippen LogP contribution in [0.5, 0.6) is 0 Å². The SMILES string of the molecule is CS(=O)(=O)N(CCC(=O)NCCC1=CCCCC1)C1CCCC1. The fourth-order valence-corrected chi connectivity index (χ4v) is 4.78. The van der Waals surface area contributed by atoms with Crippen LogP contribution < -0.4 is 5.32 Å². The van der Waals surface area contributed by atoms with E-state index < -0.39 is 10.0 Å². The van der Waals surface area contributed by atoms with Crippen molar-refractivity contribution in [1.29, 1.82) is 0 Å². The van der Waals surface area contributed by atoms with Crippen molar-refractivity contribution >= 4 is 15.9 Å². The Hall–Kier alpha value is -0.880. The molecule has 2 aliphatic carbocycles. The van der Waals surface area contributed by atoms with Gasteiger partial charge in [-0.3, -0.25) is 4.79 Å². The largest absolute Gasteiger partial charge is 0.356 e. The van der Waals surface area contributed by atoms with E-state index in [-0.39, 0.29) is 18.4 Å². The summed E-state index contributed by atoms with van der Waals surface area (Å²) < 4.78 is 25.4. The molecule has 5 nitrogen and oxygen atoms in total. The molecule has 1 fully saturated rings. The molecule has 0 radical (unpaired) electrons. The first-order valence-electron chi connectivity index (χ1n) is 8.88. The van der Waals surface area contributed by atoms with E-state index >= 15 is 0 Å². The van der Waals surface area contributed by atoms with Crippen LogP contribution in [0.3, 0.4) is 0 Å². The van der Waals surface area contributed by atoms with Gasteiger partial charge in [-0.1, -0.05) is 24.5 Å². The molecule has 23 heavy (non-hydrogen) atoms. The Bertz CT molecular complexity index is 522. The number of carbonyl (C=O) groups excluding carboxylic acids is 1.